The Balaban J connectivity index is 2.13. The predicted octanol–water partition coefficient (Wildman–Crippen LogP) is 4.00. The zero-order valence-corrected chi connectivity index (χ0v) is 13.3. The van der Waals surface area contributed by atoms with Gasteiger partial charge in [0.25, 0.3) is 5.91 Å². The molecule has 1 aliphatic rings. The zero-order chi connectivity index (χ0) is 14.8. The number of hydrogen-bond donors (Lipinski definition) is 1. The standard InChI is InChI=1S/C16H23ClN2O/c1-4-6-12-9-11(10-14(17)18-12)15(20)19-13-7-5-8-16(13,2)3/h9-10,13H,4-8H2,1-3H3,(H,19,20). The minimum Gasteiger partial charge on any atom is -0.349 e. The minimum absolute atomic E-state index is 0.0355. The smallest absolute Gasteiger partial charge is 0.251 e. The number of nitrogens with zero attached hydrogens (tertiary/aromatic N) is 1. The molecular formula is C16H23ClN2O. The molecule has 1 N–H and O–H groups in total. The highest BCUT2D eigenvalue weighted by atomic mass is 35.5. The van der Waals surface area contributed by atoms with Crippen LogP contribution in [-0.4, -0.2) is 16.9 Å². The molecule has 0 saturated heterocycles. The average Bonchev–Trinajstić information content (AvgIpc) is 2.68. The summed E-state index contributed by atoms with van der Waals surface area (Å²) < 4.78 is 0. The third kappa shape index (κ3) is 3.51. The van der Waals surface area contributed by atoms with Gasteiger partial charge in [-0.15, -0.1) is 0 Å². The summed E-state index contributed by atoms with van der Waals surface area (Å²) in [5.41, 5.74) is 1.69. The van der Waals surface area contributed by atoms with Gasteiger partial charge in [0, 0.05) is 17.3 Å². The van der Waals surface area contributed by atoms with Crippen LogP contribution >= 0.6 is 11.6 Å². The Bertz CT molecular complexity index is 499. The van der Waals surface area contributed by atoms with Crippen LogP contribution in [0.25, 0.3) is 0 Å². The third-order valence-corrected chi connectivity index (χ3v) is 4.37. The Morgan fingerprint density at radius 3 is 2.85 bits per heavy atom. The first-order valence-corrected chi connectivity index (χ1v) is 7.77. The van der Waals surface area contributed by atoms with Crippen LogP contribution in [-0.2, 0) is 6.42 Å². The molecule has 4 heteroatoms. The summed E-state index contributed by atoms with van der Waals surface area (Å²) in [5, 5.41) is 3.55. The number of hydrogen-bond acceptors (Lipinski definition) is 2. The number of halogens is 1. The summed E-state index contributed by atoms with van der Waals surface area (Å²) in [6.07, 6.45) is 5.23. The van der Waals surface area contributed by atoms with Crippen molar-refractivity contribution in [3.05, 3.63) is 28.5 Å². The summed E-state index contributed by atoms with van der Waals surface area (Å²) in [6.45, 7) is 6.52. The molecule has 0 aliphatic heterocycles. The van der Waals surface area contributed by atoms with E-state index in [9.17, 15) is 4.79 Å². The van der Waals surface area contributed by atoms with Crippen LogP contribution in [0.2, 0.25) is 5.15 Å². The van der Waals surface area contributed by atoms with Gasteiger partial charge in [-0.25, -0.2) is 4.98 Å². The Labute approximate surface area is 126 Å². The Morgan fingerprint density at radius 1 is 1.50 bits per heavy atom. The van der Waals surface area contributed by atoms with Crippen molar-refractivity contribution in [1.82, 2.24) is 10.3 Å². The van der Waals surface area contributed by atoms with E-state index in [0.29, 0.717) is 10.7 Å². The van der Waals surface area contributed by atoms with Gasteiger partial charge in [-0.1, -0.05) is 45.2 Å². The van der Waals surface area contributed by atoms with Crippen molar-refractivity contribution < 1.29 is 4.79 Å². The van der Waals surface area contributed by atoms with Gasteiger partial charge in [0.2, 0.25) is 0 Å². The molecule has 1 aromatic heterocycles. The lowest BCUT2D eigenvalue weighted by molar-refractivity contribution is 0.0910. The summed E-state index contributed by atoms with van der Waals surface area (Å²) in [4.78, 5) is 16.7. The van der Waals surface area contributed by atoms with Crippen LogP contribution in [0.15, 0.2) is 12.1 Å². The van der Waals surface area contributed by atoms with Gasteiger partial charge in [0.1, 0.15) is 5.15 Å². The molecule has 0 bridgehead atoms. The van der Waals surface area contributed by atoms with Crippen molar-refractivity contribution in [2.75, 3.05) is 0 Å². The molecule has 20 heavy (non-hydrogen) atoms. The van der Waals surface area contributed by atoms with Gasteiger partial charge in [-0.2, -0.15) is 0 Å². The van der Waals surface area contributed by atoms with Crippen molar-refractivity contribution in [1.29, 1.82) is 0 Å². The summed E-state index contributed by atoms with van der Waals surface area (Å²) >= 11 is 6.01. The monoisotopic (exact) mass is 294 g/mol. The fourth-order valence-corrected chi connectivity index (χ4v) is 3.13. The molecule has 2 rings (SSSR count). The van der Waals surface area contributed by atoms with E-state index in [2.05, 4.69) is 31.1 Å². The highest BCUT2D eigenvalue weighted by Crippen LogP contribution is 2.37. The minimum atomic E-state index is -0.0355. The Kier molecular flexibility index (Phi) is 4.69. The second-order valence-electron chi connectivity index (χ2n) is 6.33. The molecule has 0 radical (unpaired) electrons. The Morgan fingerprint density at radius 2 is 2.25 bits per heavy atom. The van der Waals surface area contributed by atoms with Gasteiger partial charge < -0.3 is 5.32 Å². The summed E-state index contributed by atoms with van der Waals surface area (Å²) in [6, 6.07) is 3.75. The van der Waals surface area contributed by atoms with Crippen LogP contribution in [0, 0.1) is 5.41 Å². The molecule has 1 saturated carbocycles. The number of carbonyl (C=O) groups is 1. The topological polar surface area (TPSA) is 42.0 Å². The number of rotatable bonds is 4. The van der Waals surface area contributed by atoms with Gasteiger partial charge in [-0.05, 0) is 36.8 Å². The molecule has 1 heterocycles. The van der Waals surface area contributed by atoms with Crippen molar-refractivity contribution in [2.24, 2.45) is 5.41 Å². The normalized spacial score (nSPS) is 20.9. The first-order valence-electron chi connectivity index (χ1n) is 7.39. The maximum absolute atomic E-state index is 12.4. The highest BCUT2D eigenvalue weighted by Gasteiger charge is 2.35. The molecule has 3 nitrogen and oxygen atoms in total. The molecule has 1 aromatic rings. The van der Waals surface area contributed by atoms with Gasteiger partial charge in [0.05, 0.1) is 0 Å². The van der Waals surface area contributed by atoms with Crippen molar-refractivity contribution in [3.8, 4) is 0 Å². The van der Waals surface area contributed by atoms with Gasteiger partial charge in [0.15, 0.2) is 0 Å². The second kappa shape index (κ2) is 6.13. The van der Waals surface area contributed by atoms with Crippen LogP contribution in [0.5, 0.6) is 0 Å². The van der Waals surface area contributed by atoms with Gasteiger partial charge >= 0.3 is 0 Å². The number of carbonyl (C=O) groups excluding carboxylic acids is 1. The SMILES string of the molecule is CCCc1cc(C(=O)NC2CCCC2(C)C)cc(Cl)n1. The van der Waals surface area contributed by atoms with E-state index in [1.54, 1.807) is 6.07 Å². The molecule has 0 spiro atoms. The number of pyridine rings is 1. The van der Waals surface area contributed by atoms with Crippen molar-refractivity contribution in [2.45, 2.75) is 58.9 Å². The first-order chi connectivity index (χ1) is 9.42. The first kappa shape index (κ1) is 15.3. The molecule has 0 aromatic carbocycles. The maximum Gasteiger partial charge on any atom is 0.251 e. The van der Waals surface area contributed by atoms with E-state index >= 15 is 0 Å². The van der Waals surface area contributed by atoms with Crippen LogP contribution in [0.3, 0.4) is 0 Å². The lowest BCUT2D eigenvalue weighted by atomic mass is 9.87. The number of aryl methyl sites for hydroxylation is 1. The van der Waals surface area contributed by atoms with Crippen LogP contribution < -0.4 is 5.32 Å². The molecule has 1 fully saturated rings. The van der Waals surface area contributed by atoms with E-state index in [4.69, 9.17) is 11.6 Å². The fraction of sp³-hybridized carbons (Fsp3) is 0.625. The highest BCUT2D eigenvalue weighted by molar-refractivity contribution is 6.29. The lowest BCUT2D eigenvalue weighted by Crippen LogP contribution is -2.41. The molecule has 1 aliphatic carbocycles. The van der Waals surface area contributed by atoms with Crippen molar-refractivity contribution >= 4 is 17.5 Å². The molecule has 1 atom stereocenters. The quantitative estimate of drug-likeness (QED) is 0.853. The molecular weight excluding hydrogens is 272 g/mol. The van der Waals surface area contributed by atoms with E-state index in [1.165, 1.54) is 6.42 Å². The van der Waals surface area contributed by atoms with E-state index in [0.717, 1.165) is 31.4 Å². The van der Waals surface area contributed by atoms with Crippen LogP contribution in [0.1, 0.15) is 62.5 Å². The predicted molar refractivity (Wildman–Crippen MR) is 82.1 cm³/mol. The number of aromatic nitrogens is 1. The third-order valence-electron chi connectivity index (χ3n) is 4.18. The molecule has 110 valence electrons. The van der Waals surface area contributed by atoms with Crippen LogP contribution in [0.4, 0.5) is 0 Å². The second-order valence-corrected chi connectivity index (χ2v) is 6.71. The van der Waals surface area contributed by atoms with E-state index < -0.39 is 0 Å². The molecule has 1 unspecified atom stereocenters. The lowest BCUT2D eigenvalue weighted by Gasteiger charge is -2.27. The number of amides is 1. The summed E-state index contributed by atoms with van der Waals surface area (Å²) in [7, 11) is 0. The van der Waals surface area contributed by atoms with E-state index in [1.807, 2.05) is 6.07 Å². The zero-order valence-electron chi connectivity index (χ0n) is 12.5. The number of nitrogens with one attached hydrogen (secondary N) is 1. The van der Waals surface area contributed by atoms with Gasteiger partial charge in [-0.3, -0.25) is 4.79 Å². The summed E-state index contributed by atoms with van der Waals surface area (Å²) in [5.74, 6) is -0.0355. The van der Waals surface area contributed by atoms with Crippen molar-refractivity contribution in [3.63, 3.8) is 0 Å². The fourth-order valence-electron chi connectivity index (χ4n) is 2.90. The average molecular weight is 295 g/mol. The molecule has 1 amide bonds. The largest absolute Gasteiger partial charge is 0.349 e. The maximum atomic E-state index is 12.4. The van der Waals surface area contributed by atoms with E-state index in [-0.39, 0.29) is 17.4 Å². The Hall–Kier alpha value is -1.09.